The number of nitrogens with one attached hydrogen (secondary N) is 3. The van der Waals surface area contributed by atoms with E-state index < -0.39 is 35.8 Å². The average Bonchev–Trinajstić information content (AvgIpc) is 3.35. The normalized spacial score (nSPS) is 18.9. The van der Waals surface area contributed by atoms with Crippen LogP contribution in [0, 0.1) is 0 Å². The molecule has 3 N–H and O–H groups in total. The molecule has 0 unspecified atom stereocenters. The summed E-state index contributed by atoms with van der Waals surface area (Å²) in [6.07, 6.45) is 0. The van der Waals surface area contributed by atoms with E-state index in [0.717, 1.165) is 0 Å². The Morgan fingerprint density at radius 2 is 1.84 bits per heavy atom. The molecule has 1 atom stereocenters. The zero-order valence-corrected chi connectivity index (χ0v) is 17.3. The number of hydrogen-bond donors (Lipinski definition) is 3. The highest BCUT2D eigenvalue weighted by Crippen LogP contribution is 2.32. The summed E-state index contributed by atoms with van der Waals surface area (Å²) in [6.45, 7) is 1.15. The molecule has 5 amide bonds. The van der Waals surface area contributed by atoms with Crippen molar-refractivity contribution in [3.8, 4) is 17.2 Å². The molecule has 2 aliphatic rings. The second-order valence-corrected chi connectivity index (χ2v) is 7.21. The van der Waals surface area contributed by atoms with E-state index in [-0.39, 0.29) is 12.4 Å². The number of fused-ring (bicyclic) bond motifs is 1. The number of nitrogens with zero attached hydrogens (tertiary/aromatic N) is 1. The maximum absolute atomic E-state index is 12.9. The summed E-state index contributed by atoms with van der Waals surface area (Å²) < 4.78 is 15.5. The first-order valence-corrected chi connectivity index (χ1v) is 9.60. The Morgan fingerprint density at radius 3 is 2.56 bits per heavy atom. The number of amides is 5. The van der Waals surface area contributed by atoms with Crippen LogP contribution in [-0.2, 0) is 15.1 Å². The molecule has 0 radical (unpaired) electrons. The summed E-state index contributed by atoms with van der Waals surface area (Å²) in [5, 5.41) is 5.60. The van der Waals surface area contributed by atoms with Crippen molar-refractivity contribution < 1.29 is 33.4 Å². The fourth-order valence-electron chi connectivity index (χ4n) is 3.33. The lowest BCUT2D eigenvalue weighted by Crippen LogP contribution is -2.50. The van der Waals surface area contributed by atoms with E-state index in [0.29, 0.717) is 27.8 Å². The van der Waals surface area contributed by atoms with Crippen LogP contribution in [0.3, 0.4) is 0 Å². The first-order chi connectivity index (χ1) is 15.3. The molecule has 1 saturated heterocycles. The number of hydrazine groups is 1. The highest BCUT2D eigenvalue weighted by Gasteiger charge is 2.50. The summed E-state index contributed by atoms with van der Waals surface area (Å²) in [5.41, 5.74) is 1.64. The highest BCUT2D eigenvalue weighted by atomic mass is 16.7. The molecule has 166 valence electrons. The Hall–Kier alpha value is -4.28. The molecule has 0 bridgehead atoms. The minimum absolute atomic E-state index is 0.0736. The van der Waals surface area contributed by atoms with Gasteiger partial charge < -0.3 is 24.8 Å². The van der Waals surface area contributed by atoms with Gasteiger partial charge in [-0.25, -0.2) is 4.79 Å². The van der Waals surface area contributed by atoms with Gasteiger partial charge in [0.15, 0.2) is 11.5 Å². The molecule has 1 fully saturated rings. The predicted molar refractivity (Wildman–Crippen MR) is 109 cm³/mol. The largest absolute Gasteiger partial charge is 0.497 e. The summed E-state index contributed by atoms with van der Waals surface area (Å²) in [5.74, 6) is -0.391. The third-order valence-electron chi connectivity index (χ3n) is 5.14. The molecule has 2 aromatic carbocycles. The van der Waals surface area contributed by atoms with Gasteiger partial charge in [0.2, 0.25) is 6.79 Å². The van der Waals surface area contributed by atoms with Gasteiger partial charge in [0.05, 0.1) is 13.7 Å². The second kappa shape index (κ2) is 8.10. The number of imide groups is 1. The van der Waals surface area contributed by atoms with Crippen molar-refractivity contribution in [2.45, 2.75) is 12.5 Å². The monoisotopic (exact) mass is 440 g/mol. The van der Waals surface area contributed by atoms with E-state index >= 15 is 0 Å². The van der Waals surface area contributed by atoms with Crippen molar-refractivity contribution >= 4 is 23.8 Å². The Balaban J connectivity index is 1.37. The van der Waals surface area contributed by atoms with Crippen molar-refractivity contribution in [2.75, 3.05) is 20.4 Å². The number of benzene rings is 2. The molecule has 0 saturated carbocycles. The van der Waals surface area contributed by atoms with Gasteiger partial charge in [-0.1, -0.05) is 12.1 Å². The summed E-state index contributed by atoms with van der Waals surface area (Å²) >= 11 is 0. The van der Waals surface area contributed by atoms with E-state index in [1.165, 1.54) is 26.2 Å². The maximum atomic E-state index is 12.9. The van der Waals surface area contributed by atoms with Crippen LogP contribution in [0.5, 0.6) is 17.2 Å². The molecular formula is C21H20N4O7. The quantitative estimate of drug-likeness (QED) is 0.562. The van der Waals surface area contributed by atoms with Crippen LogP contribution in [0.4, 0.5) is 4.79 Å². The zero-order valence-electron chi connectivity index (χ0n) is 17.3. The maximum Gasteiger partial charge on any atom is 0.344 e. The lowest BCUT2D eigenvalue weighted by molar-refractivity contribution is -0.138. The van der Waals surface area contributed by atoms with Crippen molar-refractivity contribution in [3.63, 3.8) is 0 Å². The summed E-state index contributed by atoms with van der Waals surface area (Å²) in [4.78, 5) is 49.8. The molecule has 11 nitrogen and oxygen atoms in total. The van der Waals surface area contributed by atoms with Crippen molar-refractivity contribution in [2.24, 2.45) is 0 Å². The Kier molecular flexibility index (Phi) is 5.31. The van der Waals surface area contributed by atoms with E-state index in [9.17, 15) is 19.2 Å². The molecule has 0 aromatic heterocycles. The van der Waals surface area contributed by atoms with Crippen molar-refractivity contribution in [1.82, 2.24) is 21.1 Å². The number of carbonyl (C=O) groups is 4. The molecule has 0 aliphatic carbocycles. The van der Waals surface area contributed by atoms with Crippen LogP contribution < -0.4 is 30.3 Å². The molecule has 11 heteroatoms. The smallest absolute Gasteiger partial charge is 0.344 e. The number of ether oxygens (including phenoxy) is 3. The van der Waals surface area contributed by atoms with E-state index in [1.54, 1.807) is 30.3 Å². The van der Waals surface area contributed by atoms with Crippen LogP contribution in [0.15, 0.2) is 42.5 Å². The summed E-state index contributed by atoms with van der Waals surface area (Å²) in [7, 11) is 1.52. The van der Waals surface area contributed by atoms with Gasteiger partial charge in [-0.3, -0.25) is 19.8 Å². The van der Waals surface area contributed by atoms with Gasteiger partial charge in [-0.15, -0.1) is 0 Å². The third kappa shape index (κ3) is 3.75. The number of carbonyl (C=O) groups excluding carboxylic acids is 4. The van der Waals surface area contributed by atoms with Gasteiger partial charge in [0.25, 0.3) is 17.7 Å². The van der Waals surface area contributed by atoms with Crippen LogP contribution >= 0.6 is 0 Å². The van der Waals surface area contributed by atoms with Crippen LogP contribution in [0.25, 0.3) is 0 Å². The Bertz CT molecular complexity index is 1100. The van der Waals surface area contributed by atoms with Crippen LogP contribution in [0.1, 0.15) is 22.8 Å². The summed E-state index contributed by atoms with van der Waals surface area (Å²) in [6, 6.07) is 10.4. The number of urea groups is 1. The first-order valence-electron chi connectivity index (χ1n) is 9.60. The van der Waals surface area contributed by atoms with Gasteiger partial charge in [0, 0.05) is 5.56 Å². The fraction of sp³-hybridized carbons (Fsp3) is 0.238. The molecule has 2 heterocycles. The minimum atomic E-state index is -1.37. The SMILES string of the molecule is COc1ccc([C@@]2(C)NC(=O)N(NC(=O)CNC(=O)c3ccc4c(c3)OCO4)C2=O)cc1. The van der Waals surface area contributed by atoms with Crippen LogP contribution in [0.2, 0.25) is 0 Å². The molecule has 32 heavy (non-hydrogen) atoms. The molecule has 4 rings (SSSR count). The third-order valence-corrected chi connectivity index (χ3v) is 5.14. The molecule has 0 spiro atoms. The lowest BCUT2D eigenvalue weighted by Gasteiger charge is -2.22. The van der Waals surface area contributed by atoms with Crippen molar-refractivity contribution in [3.05, 3.63) is 53.6 Å². The lowest BCUT2D eigenvalue weighted by atomic mass is 9.92. The minimum Gasteiger partial charge on any atom is -0.497 e. The highest BCUT2D eigenvalue weighted by molar-refractivity contribution is 6.08. The Morgan fingerprint density at radius 1 is 1.12 bits per heavy atom. The van der Waals surface area contributed by atoms with Gasteiger partial charge in [-0.05, 0) is 42.8 Å². The van der Waals surface area contributed by atoms with E-state index in [2.05, 4.69) is 16.1 Å². The predicted octanol–water partition coefficient (Wildman–Crippen LogP) is 0.652. The van der Waals surface area contributed by atoms with Gasteiger partial charge in [-0.2, -0.15) is 5.01 Å². The fourth-order valence-corrected chi connectivity index (χ4v) is 3.33. The average molecular weight is 440 g/mol. The number of rotatable bonds is 6. The first kappa shape index (κ1) is 21.0. The van der Waals surface area contributed by atoms with Crippen LogP contribution in [-0.4, -0.2) is 49.2 Å². The Labute approximate surface area is 182 Å². The molecular weight excluding hydrogens is 420 g/mol. The van der Waals surface area contributed by atoms with E-state index in [1.807, 2.05) is 0 Å². The van der Waals surface area contributed by atoms with Gasteiger partial charge >= 0.3 is 6.03 Å². The van der Waals surface area contributed by atoms with Crippen molar-refractivity contribution in [1.29, 1.82) is 0 Å². The van der Waals surface area contributed by atoms with Gasteiger partial charge in [0.1, 0.15) is 11.3 Å². The number of hydrogen-bond acceptors (Lipinski definition) is 7. The zero-order chi connectivity index (χ0) is 22.9. The molecule has 2 aliphatic heterocycles. The molecule has 2 aromatic rings. The second-order valence-electron chi connectivity index (χ2n) is 7.21. The van der Waals surface area contributed by atoms with E-state index in [4.69, 9.17) is 14.2 Å². The standard InChI is InChI=1S/C21H20N4O7/c1-21(13-4-6-14(30-2)7-5-13)19(28)25(20(29)23-21)24-17(26)10-22-18(27)12-3-8-15-16(9-12)32-11-31-15/h3-9H,10-11H2,1-2H3,(H,22,27)(H,23,29)(H,24,26)/t21-/m1/s1. The number of methoxy groups -OCH3 is 1. The topological polar surface area (TPSA) is 135 Å².